The first-order chi connectivity index (χ1) is 13.6. The van der Waals surface area contributed by atoms with Crippen molar-refractivity contribution in [1.82, 2.24) is 24.8 Å². The Morgan fingerprint density at radius 2 is 1.86 bits per heavy atom. The van der Waals surface area contributed by atoms with Gasteiger partial charge in [-0.1, -0.05) is 23.9 Å². The Morgan fingerprint density at radius 1 is 1.04 bits per heavy atom. The van der Waals surface area contributed by atoms with Crippen molar-refractivity contribution in [3.8, 4) is 11.4 Å². The van der Waals surface area contributed by atoms with Crippen LogP contribution in [0.15, 0.2) is 59.9 Å². The normalized spacial score (nSPS) is 10.9. The number of rotatable bonds is 5. The summed E-state index contributed by atoms with van der Waals surface area (Å²) in [7, 11) is 0. The van der Waals surface area contributed by atoms with Crippen molar-refractivity contribution in [2.45, 2.75) is 19.0 Å². The number of fused-ring (bicyclic) bond motifs is 1. The summed E-state index contributed by atoms with van der Waals surface area (Å²) in [6.07, 6.45) is 1.72. The summed E-state index contributed by atoms with van der Waals surface area (Å²) >= 11 is 1.29. The van der Waals surface area contributed by atoms with Gasteiger partial charge in [0.1, 0.15) is 5.69 Å². The second-order valence-electron chi connectivity index (χ2n) is 6.40. The summed E-state index contributed by atoms with van der Waals surface area (Å²) in [5.74, 6) is 0.108. The van der Waals surface area contributed by atoms with E-state index in [1.807, 2.05) is 56.3 Å². The highest BCUT2D eigenvalue weighted by Crippen LogP contribution is 2.20. The molecule has 0 aliphatic heterocycles. The summed E-state index contributed by atoms with van der Waals surface area (Å²) < 4.78 is 1.64. The smallest absolute Gasteiger partial charge is 0.234 e. The second kappa shape index (κ2) is 7.77. The zero-order valence-electron chi connectivity index (χ0n) is 15.5. The van der Waals surface area contributed by atoms with Crippen molar-refractivity contribution in [3.63, 3.8) is 0 Å². The van der Waals surface area contributed by atoms with Crippen LogP contribution in [0.3, 0.4) is 0 Å². The molecule has 7 nitrogen and oxygen atoms in total. The Labute approximate surface area is 166 Å². The molecule has 0 saturated heterocycles. The highest BCUT2D eigenvalue weighted by atomic mass is 32.2. The van der Waals surface area contributed by atoms with Gasteiger partial charge in [0.25, 0.3) is 0 Å². The Bertz CT molecular complexity index is 1120. The lowest BCUT2D eigenvalue weighted by atomic mass is 10.1. The Balaban J connectivity index is 1.49. The SMILES string of the molecule is Cc1cc(C)cc(NC(=O)CSc2nnc3ccc(-c4ccccn4)nn23)c1. The standard InChI is InChI=1S/C20H18N6OS/c1-13-9-14(2)11-15(10-13)22-19(27)12-28-20-24-23-18-7-6-17(25-26(18)20)16-5-3-4-8-21-16/h3-11H,12H2,1-2H3,(H,22,27). The maximum atomic E-state index is 12.3. The third-order valence-corrected chi connectivity index (χ3v) is 4.92. The van der Waals surface area contributed by atoms with Crippen molar-refractivity contribution in [1.29, 1.82) is 0 Å². The molecule has 3 heterocycles. The van der Waals surface area contributed by atoms with Gasteiger partial charge in [0.2, 0.25) is 11.1 Å². The molecular formula is C20H18N6OS. The fraction of sp³-hybridized carbons (Fsp3) is 0.150. The molecule has 1 N–H and O–H groups in total. The molecule has 4 rings (SSSR count). The minimum Gasteiger partial charge on any atom is -0.325 e. The first-order valence-electron chi connectivity index (χ1n) is 8.73. The summed E-state index contributed by atoms with van der Waals surface area (Å²) in [6.45, 7) is 4.01. The van der Waals surface area contributed by atoms with Crippen LogP contribution in [-0.4, -0.2) is 36.5 Å². The Morgan fingerprint density at radius 3 is 2.61 bits per heavy atom. The van der Waals surface area contributed by atoms with Crippen LogP contribution in [0.1, 0.15) is 11.1 Å². The Kier molecular flexibility index (Phi) is 5.03. The van der Waals surface area contributed by atoms with E-state index in [1.165, 1.54) is 11.8 Å². The molecule has 28 heavy (non-hydrogen) atoms. The third-order valence-electron chi connectivity index (χ3n) is 4.00. The number of anilines is 1. The van der Waals surface area contributed by atoms with E-state index in [1.54, 1.807) is 10.7 Å². The number of benzene rings is 1. The maximum absolute atomic E-state index is 12.3. The van der Waals surface area contributed by atoms with E-state index in [-0.39, 0.29) is 11.7 Å². The number of thioether (sulfide) groups is 1. The molecular weight excluding hydrogens is 372 g/mol. The van der Waals surface area contributed by atoms with Gasteiger partial charge in [-0.3, -0.25) is 9.78 Å². The molecule has 0 aliphatic rings. The number of nitrogens with zero attached hydrogens (tertiary/aromatic N) is 5. The molecule has 4 aromatic rings. The lowest BCUT2D eigenvalue weighted by Crippen LogP contribution is -2.14. The van der Waals surface area contributed by atoms with Gasteiger partial charge in [0.05, 0.1) is 11.4 Å². The summed E-state index contributed by atoms with van der Waals surface area (Å²) in [4.78, 5) is 16.7. The topological polar surface area (TPSA) is 85.1 Å². The zero-order chi connectivity index (χ0) is 19.5. The van der Waals surface area contributed by atoms with E-state index in [0.29, 0.717) is 10.8 Å². The third kappa shape index (κ3) is 4.01. The molecule has 0 radical (unpaired) electrons. The number of hydrogen-bond acceptors (Lipinski definition) is 6. The fourth-order valence-electron chi connectivity index (χ4n) is 2.88. The van der Waals surface area contributed by atoms with Gasteiger partial charge in [-0.2, -0.15) is 9.61 Å². The molecule has 0 saturated carbocycles. The van der Waals surface area contributed by atoms with Gasteiger partial charge in [-0.05, 0) is 61.4 Å². The lowest BCUT2D eigenvalue weighted by molar-refractivity contribution is -0.113. The molecule has 0 atom stereocenters. The highest BCUT2D eigenvalue weighted by molar-refractivity contribution is 7.99. The number of pyridine rings is 1. The predicted molar refractivity (Wildman–Crippen MR) is 109 cm³/mol. The average Bonchev–Trinajstić information content (AvgIpc) is 3.08. The fourth-order valence-corrected chi connectivity index (χ4v) is 3.57. The van der Waals surface area contributed by atoms with Crippen LogP contribution in [0, 0.1) is 13.8 Å². The van der Waals surface area contributed by atoms with E-state index in [0.717, 1.165) is 28.2 Å². The van der Waals surface area contributed by atoms with Crippen LogP contribution in [0.4, 0.5) is 5.69 Å². The summed E-state index contributed by atoms with van der Waals surface area (Å²) in [5, 5.41) is 16.3. The van der Waals surface area contributed by atoms with E-state index in [9.17, 15) is 4.79 Å². The largest absolute Gasteiger partial charge is 0.325 e. The highest BCUT2D eigenvalue weighted by Gasteiger charge is 2.12. The molecule has 0 bridgehead atoms. The molecule has 0 aliphatic carbocycles. The van der Waals surface area contributed by atoms with E-state index in [2.05, 4.69) is 31.7 Å². The number of aryl methyl sites for hydroxylation is 2. The molecule has 1 amide bonds. The van der Waals surface area contributed by atoms with E-state index >= 15 is 0 Å². The van der Waals surface area contributed by atoms with Crippen LogP contribution in [0.5, 0.6) is 0 Å². The molecule has 0 fully saturated rings. The van der Waals surface area contributed by atoms with Gasteiger partial charge in [0.15, 0.2) is 5.65 Å². The van der Waals surface area contributed by atoms with Crippen LogP contribution >= 0.6 is 11.8 Å². The monoisotopic (exact) mass is 390 g/mol. The second-order valence-corrected chi connectivity index (χ2v) is 7.34. The zero-order valence-corrected chi connectivity index (χ0v) is 16.3. The van der Waals surface area contributed by atoms with Crippen molar-refractivity contribution in [2.75, 3.05) is 11.1 Å². The number of carbonyl (C=O) groups is 1. The van der Waals surface area contributed by atoms with Gasteiger partial charge < -0.3 is 5.32 Å². The summed E-state index contributed by atoms with van der Waals surface area (Å²) in [6, 6.07) is 15.3. The van der Waals surface area contributed by atoms with Crippen LogP contribution in [-0.2, 0) is 4.79 Å². The van der Waals surface area contributed by atoms with Crippen LogP contribution < -0.4 is 5.32 Å². The van der Waals surface area contributed by atoms with E-state index < -0.39 is 0 Å². The van der Waals surface area contributed by atoms with Crippen molar-refractivity contribution in [3.05, 3.63) is 65.9 Å². The summed E-state index contributed by atoms with van der Waals surface area (Å²) in [5.41, 5.74) is 5.12. The maximum Gasteiger partial charge on any atom is 0.234 e. The molecule has 0 spiro atoms. The molecule has 0 unspecified atom stereocenters. The number of aromatic nitrogens is 5. The first kappa shape index (κ1) is 18.1. The number of amides is 1. The molecule has 3 aromatic heterocycles. The van der Waals surface area contributed by atoms with E-state index in [4.69, 9.17) is 0 Å². The number of hydrogen-bond donors (Lipinski definition) is 1. The van der Waals surface area contributed by atoms with Crippen LogP contribution in [0.25, 0.3) is 17.0 Å². The van der Waals surface area contributed by atoms with Gasteiger partial charge in [-0.25, -0.2) is 0 Å². The van der Waals surface area contributed by atoms with Gasteiger partial charge in [0, 0.05) is 11.9 Å². The molecule has 140 valence electrons. The average molecular weight is 390 g/mol. The molecule has 8 heteroatoms. The quantitative estimate of drug-likeness (QED) is 0.525. The van der Waals surface area contributed by atoms with Gasteiger partial charge >= 0.3 is 0 Å². The van der Waals surface area contributed by atoms with Gasteiger partial charge in [-0.15, -0.1) is 10.2 Å². The number of carbonyl (C=O) groups excluding carboxylic acids is 1. The minimum atomic E-state index is -0.104. The van der Waals surface area contributed by atoms with Crippen LogP contribution in [0.2, 0.25) is 0 Å². The van der Waals surface area contributed by atoms with Crippen molar-refractivity contribution < 1.29 is 4.79 Å². The lowest BCUT2D eigenvalue weighted by Gasteiger charge is -2.07. The number of nitrogens with one attached hydrogen (secondary N) is 1. The van der Waals surface area contributed by atoms with Crippen molar-refractivity contribution >= 4 is 29.0 Å². The first-order valence-corrected chi connectivity index (χ1v) is 9.72. The Hall–Kier alpha value is -3.26. The minimum absolute atomic E-state index is 0.104. The van der Waals surface area contributed by atoms with Crippen molar-refractivity contribution in [2.24, 2.45) is 0 Å². The predicted octanol–water partition coefficient (Wildman–Crippen LogP) is 3.53. The molecule has 1 aromatic carbocycles.